The van der Waals surface area contributed by atoms with Crippen LogP contribution in [0, 0.1) is 11.3 Å². The maximum absolute atomic E-state index is 10.8. The first-order chi connectivity index (χ1) is 9.52. The zero-order chi connectivity index (χ0) is 14.8. The molecule has 1 heterocycles. The third-order valence-corrected chi connectivity index (χ3v) is 7.25. The number of nitrogens with two attached hydrogens (primary N) is 1. The van der Waals surface area contributed by atoms with Crippen molar-refractivity contribution in [1.82, 2.24) is 0 Å². The summed E-state index contributed by atoms with van der Waals surface area (Å²) >= 11 is 11.0. The lowest BCUT2D eigenvalue weighted by Crippen LogP contribution is -2.40. The topological polar surface area (TPSA) is 46.2 Å². The standard InChI is InChI=1S/C15H23BrClNOS/c1-2-3-10-4-6-15(9-18,7-5-10)13(19)12-8-11(16)14(17)20-12/h8,10,13,19H,2-7,9,18H2,1H3. The fourth-order valence-electron chi connectivity index (χ4n) is 3.34. The second-order valence-electron chi connectivity index (χ2n) is 5.97. The highest BCUT2D eigenvalue weighted by Gasteiger charge is 2.41. The van der Waals surface area contributed by atoms with Crippen molar-refractivity contribution in [2.24, 2.45) is 17.1 Å². The SMILES string of the molecule is CCCC1CCC(CN)(C(O)c2cc(Br)c(Cl)s2)CC1. The van der Waals surface area contributed by atoms with E-state index in [1.807, 2.05) is 6.07 Å². The van der Waals surface area contributed by atoms with Gasteiger partial charge in [0.05, 0.1) is 6.10 Å². The lowest BCUT2D eigenvalue weighted by atomic mass is 9.66. The predicted molar refractivity (Wildman–Crippen MR) is 90.3 cm³/mol. The van der Waals surface area contributed by atoms with Crippen LogP contribution in [0.2, 0.25) is 4.34 Å². The van der Waals surface area contributed by atoms with Crippen molar-refractivity contribution in [3.8, 4) is 0 Å². The minimum absolute atomic E-state index is 0.169. The molecule has 114 valence electrons. The molecule has 5 heteroatoms. The van der Waals surface area contributed by atoms with Gasteiger partial charge >= 0.3 is 0 Å². The lowest BCUT2D eigenvalue weighted by molar-refractivity contribution is -0.00861. The molecule has 1 aromatic rings. The van der Waals surface area contributed by atoms with Gasteiger partial charge in [0, 0.05) is 21.3 Å². The number of aliphatic hydroxyl groups is 1. The average Bonchev–Trinajstić information content (AvgIpc) is 2.79. The van der Waals surface area contributed by atoms with E-state index < -0.39 is 6.10 Å². The molecule has 0 aromatic carbocycles. The summed E-state index contributed by atoms with van der Waals surface area (Å²) in [5.41, 5.74) is 5.87. The predicted octanol–water partition coefficient (Wildman–Crippen LogP) is 5.13. The van der Waals surface area contributed by atoms with Crippen LogP contribution in [-0.2, 0) is 0 Å². The molecule has 0 bridgehead atoms. The van der Waals surface area contributed by atoms with Crippen LogP contribution in [-0.4, -0.2) is 11.7 Å². The van der Waals surface area contributed by atoms with Crippen LogP contribution in [0.15, 0.2) is 10.5 Å². The molecule has 1 saturated carbocycles. The molecule has 1 atom stereocenters. The second kappa shape index (κ2) is 7.10. The van der Waals surface area contributed by atoms with Gasteiger partial charge in [-0.25, -0.2) is 0 Å². The van der Waals surface area contributed by atoms with E-state index >= 15 is 0 Å². The van der Waals surface area contributed by atoms with Crippen LogP contribution in [0.4, 0.5) is 0 Å². The maximum Gasteiger partial charge on any atom is 0.107 e. The molecule has 3 N–H and O–H groups in total. The minimum Gasteiger partial charge on any atom is -0.387 e. The van der Waals surface area contributed by atoms with Gasteiger partial charge in [-0.05, 0) is 53.6 Å². The van der Waals surface area contributed by atoms with Gasteiger partial charge in [-0.1, -0.05) is 31.4 Å². The summed E-state index contributed by atoms with van der Waals surface area (Å²) in [6.45, 7) is 2.78. The first kappa shape index (κ1) is 16.8. The zero-order valence-electron chi connectivity index (χ0n) is 11.9. The number of halogens is 2. The van der Waals surface area contributed by atoms with Gasteiger partial charge in [-0.15, -0.1) is 11.3 Å². The summed E-state index contributed by atoms with van der Waals surface area (Å²) in [5, 5.41) is 10.8. The van der Waals surface area contributed by atoms with Gasteiger partial charge < -0.3 is 10.8 Å². The molecule has 0 radical (unpaired) electrons. The highest BCUT2D eigenvalue weighted by atomic mass is 79.9. The summed E-state index contributed by atoms with van der Waals surface area (Å²) in [5.74, 6) is 0.811. The Kier molecular flexibility index (Phi) is 5.95. The number of thiophene rings is 1. The molecule has 1 aromatic heterocycles. The Balaban J connectivity index is 2.11. The van der Waals surface area contributed by atoms with Gasteiger partial charge in [0.15, 0.2) is 0 Å². The van der Waals surface area contributed by atoms with E-state index in [-0.39, 0.29) is 5.41 Å². The number of hydrogen-bond acceptors (Lipinski definition) is 3. The van der Waals surface area contributed by atoms with Crippen LogP contribution in [0.3, 0.4) is 0 Å². The largest absolute Gasteiger partial charge is 0.387 e. The molecule has 1 unspecified atom stereocenters. The molecule has 2 rings (SSSR count). The van der Waals surface area contributed by atoms with Crippen molar-refractivity contribution in [3.63, 3.8) is 0 Å². The normalized spacial score (nSPS) is 28.6. The molecule has 0 spiro atoms. The van der Waals surface area contributed by atoms with E-state index in [0.717, 1.165) is 28.1 Å². The molecule has 1 fully saturated rings. The Hall–Kier alpha value is 0.390. The van der Waals surface area contributed by atoms with E-state index in [9.17, 15) is 5.11 Å². The molecular formula is C15H23BrClNOS. The summed E-state index contributed by atoms with van der Waals surface area (Å²) in [6.07, 6.45) is 6.45. The summed E-state index contributed by atoms with van der Waals surface area (Å²) in [7, 11) is 0. The molecule has 20 heavy (non-hydrogen) atoms. The average molecular weight is 381 g/mol. The minimum atomic E-state index is -0.496. The summed E-state index contributed by atoms with van der Waals surface area (Å²) < 4.78 is 1.57. The molecular weight excluding hydrogens is 358 g/mol. The van der Waals surface area contributed by atoms with E-state index in [4.69, 9.17) is 17.3 Å². The maximum atomic E-state index is 10.8. The number of hydrogen-bond donors (Lipinski definition) is 2. The van der Waals surface area contributed by atoms with Crippen LogP contribution in [0.5, 0.6) is 0 Å². The lowest BCUT2D eigenvalue weighted by Gasteiger charge is -2.42. The van der Waals surface area contributed by atoms with E-state index in [1.54, 1.807) is 0 Å². The first-order valence-electron chi connectivity index (χ1n) is 7.35. The molecule has 0 saturated heterocycles. The highest BCUT2D eigenvalue weighted by molar-refractivity contribution is 9.10. The molecule has 1 aliphatic carbocycles. The van der Waals surface area contributed by atoms with Crippen molar-refractivity contribution >= 4 is 38.9 Å². The first-order valence-corrected chi connectivity index (χ1v) is 9.34. The Morgan fingerprint density at radius 3 is 2.65 bits per heavy atom. The monoisotopic (exact) mass is 379 g/mol. The van der Waals surface area contributed by atoms with Gasteiger partial charge in [0.2, 0.25) is 0 Å². The van der Waals surface area contributed by atoms with Crippen LogP contribution in [0.1, 0.15) is 56.4 Å². The number of rotatable bonds is 5. The smallest absolute Gasteiger partial charge is 0.107 e. The molecule has 0 amide bonds. The van der Waals surface area contributed by atoms with Crippen molar-refractivity contribution < 1.29 is 5.11 Å². The molecule has 1 aliphatic rings. The highest BCUT2D eigenvalue weighted by Crippen LogP contribution is 2.50. The molecule has 0 aliphatic heterocycles. The van der Waals surface area contributed by atoms with Gasteiger partial charge in [-0.2, -0.15) is 0 Å². The Morgan fingerprint density at radius 1 is 1.55 bits per heavy atom. The fourth-order valence-corrected chi connectivity index (χ4v) is 5.20. The molecule has 2 nitrogen and oxygen atoms in total. The Morgan fingerprint density at radius 2 is 2.20 bits per heavy atom. The van der Waals surface area contributed by atoms with Crippen molar-refractivity contribution in [2.45, 2.75) is 51.6 Å². The number of aliphatic hydroxyl groups excluding tert-OH is 1. The van der Waals surface area contributed by atoms with Crippen molar-refractivity contribution in [1.29, 1.82) is 0 Å². The quantitative estimate of drug-likeness (QED) is 0.743. The third-order valence-electron chi connectivity index (χ3n) is 4.72. The fraction of sp³-hybridized carbons (Fsp3) is 0.733. The second-order valence-corrected chi connectivity index (χ2v) is 8.51. The van der Waals surface area contributed by atoms with E-state index in [0.29, 0.717) is 10.9 Å². The zero-order valence-corrected chi connectivity index (χ0v) is 15.0. The van der Waals surface area contributed by atoms with Gasteiger partial charge in [0.25, 0.3) is 0 Å². The van der Waals surface area contributed by atoms with Gasteiger partial charge in [0.1, 0.15) is 4.34 Å². The Bertz CT molecular complexity index is 424. The van der Waals surface area contributed by atoms with Crippen LogP contribution in [0.25, 0.3) is 0 Å². The summed E-state index contributed by atoms with van der Waals surface area (Å²) in [6, 6.07) is 1.94. The van der Waals surface area contributed by atoms with Crippen LogP contribution < -0.4 is 5.73 Å². The van der Waals surface area contributed by atoms with Crippen LogP contribution >= 0.6 is 38.9 Å². The Labute approximate surface area is 138 Å². The van der Waals surface area contributed by atoms with Gasteiger partial charge in [-0.3, -0.25) is 0 Å². The third kappa shape index (κ3) is 3.41. The van der Waals surface area contributed by atoms with E-state index in [2.05, 4.69) is 22.9 Å². The van der Waals surface area contributed by atoms with Crippen molar-refractivity contribution in [3.05, 3.63) is 19.8 Å². The summed E-state index contributed by atoms with van der Waals surface area (Å²) in [4.78, 5) is 0.932. The van der Waals surface area contributed by atoms with E-state index in [1.165, 1.54) is 37.0 Å². The van der Waals surface area contributed by atoms with Crippen molar-refractivity contribution in [2.75, 3.05) is 6.54 Å².